The molecule has 1 rings (SSSR count). The summed E-state index contributed by atoms with van der Waals surface area (Å²) in [6, 6.07) is 4.38. The highest BCUT2D eigenvalue weighted by Crippen LogP contribution is 2.32. The molecule has 22 heavy (non-hydrogen) atoms. The van der Waals surface area contributed by atoms with Crippen LogP contribution in [0.25, 0.3) is 0 Å². The normalized spacial score (nSPS) is 11.8. The number of esters is 1. The van der Waals surface area contributed by atoms with Crippen molar-refractivity contribution in [1.82, 2.24) is 0 Å². The van der Waals surface area contributed by atoms with Crippen LogP contribution in [0.3, 0.4) is 0 Å². The van der Waals surface area contributed by atoms with Gasteiger partial charge in [0.05, 0.1) is 12.2 Å². The Labute approximate surface area is 136 Å². The Morgan fingerprint density at radius 2 is 1.32 bits per heavy atom. The summed E-state index contributed by atoms with van der Waals surface area (Å²) in [5.41, 5.74) is 4.31. The molecule has 0 bridgehead atoms. The predicted octanol–water partition coefficient (Wildman–Crippen LogP) is 5.87. The summed E-state index contributed by atoms with van der Waals surface area (Å²) in [6.07, 6.45) is 0. The molecule has 1 aromatic carbocycles. The zero-order valence-corrected chi connectivity index (χ0v) is 15.5. The van der Waals surface area contributed by atoms with Crippen molar-refractivity contribution in [2.24, 2.45) is 5.92 Å². The standard InChI is InChI=1S/C20H32O2/c1-12(2)11-22-20(21)19-17(14(5)6)9-16(13(3)4)10-18(19)15(7)8/h9-10,12-15H,11H2,1-8H3. The molecule has 2 heteroatoms. The summed E-state index contributed by atoms with van der Waals surface area (Å²) < 4.78 is 5.53. The van der Waals surface area contributed by atoms with Crippen LogP contribution in [0.2, 0.25) is 0 Å². The van der Waals surface area contributed by atoms with Crippen molar-refractivity contribution in [2.45, 2.75) is 73.1 Å². The molecule has 0 aromatic heterocycles. The summed E-state index contributed by atoms with van der Waals surface area (Å²) in [5.74, 6) is 1.24. The van der Waals surface area contributed by atoms with Crippen molar-refractivity contribution in [3.8, 4) is 0 Å². The molecule has 0 N–H and O–H groups in total. The maximum Gasteiger partial charge on any atom is 0.338 e. The Bertz CT molecular complexity index is 481. The molecule has 0 aliphatic rings. The highest BCUT2D eigenvalue weighted by molar-refractivity contribution is 5.93. The van der Waals surface area contributed by atoms with Gasteiger partial charge in [-0.05, 0) is 40.4 Å². The average molecular weight is 304 g/mol. The second kappa shape index (κ2) is 7.80. The third-order valence-electron chi connectivity index (χ3n) is 3.88. The van der Waals surface area contributed by atoms with E-state index in [9.17, 15) is 4.79 Å². The van der Waals surface area contributed by atoms with Crippen molar-refractivity contribution >= 4 is 5.97 Å². The summed E-state index contributed by atoms with van der Waals surface area (Å²) in [5, 5.41) is 0. The lowest BCUT2D eigenvalue weighted by molar-refractivity contribution is 0.0455. The summed E-state index contributed by atoms with van der Waals surface area (Å²) in [4.78, 5) is 12.7. The van der Waals surface area contributed by atoms with Gasteiger partial charge in [-0.1, -0.05) is 67.5 Å². The minimum absolute atomic E-state index is 0.170. The molecule has 1 aromatic rings. The molecule has 2 nitrogen and oxygen atoms in total. The van der Waals surface area contributed by atoms with E-state index >= 15 is 0 Å². The van der Waals surface area contributed by atoms with Crippen LogP contribution in [-0.2, 0) is 4.74 Å². The zero-order chi connectivity index (χ0) is 17.0. The van der Waals surface area contributed by atoms with Crippen LogP contribution < -0.4 is 0 Å². The molecule has 0 aliphatic carbocycles. The van der Waals surface area contributed by atoms with E-state index in [1.54, 1.807) is 0 Å². The van der Waals surface area contributed by atoms with Crippen molar-refractivity contribution in [3.63, 3.8) is 0 Å². The van der Waals surface area contributed by atoms with Gasteiger partial charge in [-0.2, -0.15) is 0 Å². The lowest BCUT2D eigenvalue weighted by Gasteiger charge is -2.22. The molecule has 0 aliphatic heterocycles. The van der Waals surface area contributed by atoms with E-state index < -0.39 is 0 Å². The Balaban J connectivity index is 3.41. The maximum atomic E-state index is 12.7. The fourth-order valence-corrected chi connectivity index (χ4v) is 2.51. The fraction of sp³-hybridized carbons (Fsp3) is 0.650. The molecule has 0 radical (unpaired) electrons. The third-order valence-corrected chi connectivity index (χ3v) is 3.88. The van der Waals surface area contributed by atoms with Gasteiger partial charge >= 0.3 is 5.97 Å². The highest BCUT2D eigenvalue weighted by atomic mass is 16.5. The topological polar surface area (TPSA) is 26.3 Å². The average Bonchev–Trinajstić information content (AvgIpc) is 2.42. The van der Waals surface area contributed by atoms with Gasteiger partial charge in [-0.25, -0.2) is 4.79 Å². The molecule has 0 spiro atoms. The first kappa shape index (κ1) is 18.7. The van der Waals surface area contributed by atoms with Crippen LogP contribution in [0.4, 0.5) is 0 Å². The maximum absolute atomic E-state index is 12.7. The van der Waals surface area contributed by atoms with Gasteiger partial charge in [-0.15, -0.1) is 0 Å². The van der Waals surface area contributed by atoms with E-state index in [-0.39, 0.29) is 5.97 Å². The molecule has 0 amide bonds. The molecular formula is C20H32O2. The van der Waals surface area contributed by atoms with E-state index in [0.717, 1.165) is 16.7 Å². The minimum atomic E-state index is -0.170. The van der Waals surface area contributed by atoms with Crippen molar-refractivity contribution < 1.29 is 9.53 Å². The SMILES string of the molecule is CC(C)COC(=O)c1c(C(C)C)cc(C(C)C)cc1C(C)C. The van der Waals surface area contributed by atoms with Gasteiger partial charge in [0.2, 0.25) is 0 Å². The van der Waals surface area contributed by atoms with Gasteiger partial charge in [-0.3, -0.25) is 0 Å². The molecular weight excluding hydrogens is 272 g/mol. The number of hydrogen-bond donors (Lipinski definition) is 0. The second-order valence-electron chi connectivity index (χ2n) is 7.53. The lowest BCUT2D eigenvalue weighted by Crippen LogP contribution is -2.16. The quantitative estimate of drug-likeness (QED) is 0.614. The smallest absolute Gasteiger partial charge is 0.338 e. The Hall–Kier alpha value is -1.31. The van der Waals surface area contributed by atoms with E-state index in [4.69, 9.17) is 4.74 Å². The zero-order valence-electron chi connectivity index (χ0n) is 15.5. The number of carbonyl (C=O) groups excluding carboxylic acids is 1. The Kier molecular flexibility index (Phi) is 6.65. The monoisotopic (exact) mass is 304 g/mol. The number of hydrogen-bond acceptors (Lipinski definition) is 2. The largest absolute Gasteiger partial charge is 0.462 e. The second-order valence-corrected chi connectivity index (χ2v) is 7.53. The number of ether oxygens (including phenoxy) is 1. The third kappa shape index (κ3) is 4.59. The number of benzene rings is 1. The van der Waals surface area contributed by atoms with Gasteiger partial charge in [0.1, 0.15) is 0 Å². The predicted molar refractivity (Wildman–Crippen MR) is 93.8 cm³/mol. The first-order valence-electron chi connectivity index (χ1n) is 8.49. The molecule has 0 saturated carbocycles. The van der Waals surface area contributed by atoms with E-state index in [2.05, 4.69) is 67.5 Å². The first-order chi connectivity index (χ1) is 10.1. The molecule has 0 heterocycles. The minimum Gasteiger partial charge on any atom is -0.462 e. The van der Waals surface area contributed by atoms with Crippen molar-refractivity contribution in [2.75, 3.05) is 6.61 Å². The first-order valence-corrected chi connectivity index (χ1v) is 8.49. The molecule has 0 atom stereocenters. The van der Waals surface area contributed by atoms with Crippen LogP contribution in [0.1, 0.15) is 100 Å². The Morgan fingerprint density at radius 3 is 1.64 bits per heavy atom. The van der Waals surface area contributed by atoms with E-state index in [1.807, 2.05) is 0 Å². The van der Waals surface area contributed by atoms with Gasteiger partial charge in [0.25, 0.3) is 0 Å². The van der Waals surface area contributed by atoms with E-state index in [1.165, 1.54) is 5.56 Å². The Morgan fingerprint density at radius 1 is 0.864 bits per heavy atom. The number of carbonyl (C=O) groups is 1. The van der Waals surface area contributed by atoms with E-state index in [0.29, 0.717) is 30.3 Å². The highest BCUT2D eigenvalue weighted by Gasteiger charge is 2.23. The number of rotatable bonds is 6. The molecule has 124 valence electrons. The van der Waals surface area contributed by atoms with Crippen LogP contribution in [0.15, 0.2) is 12.1 Å². The molecule has 0 unspecified atom stereocenters. The fourth-order valence-electron chi connectivity index (χ4n) is 2.51. The van der Waals surface area contributed by atoms with Crippen molar-refractivity contribution in [3.05, 3.63) is 34.4 Å². The molecule has 0 saturated heterocycles. The van der Waals surface area contributed by atoms with Crippen LogP contribution in [0, 0.1) is 5.92 Å². The van der Waals surface area contributed by atoms with Gasteiger partial charge in [0, 0.05) is 0 Å². The van der Waals surface area contributed by atoms with Crippen molar-refractivity contribution in [1.29, 1.82) is 0 Å². The summed E-state index contributed by atoms with van der Waals surface area (Å²) >= 11 is 0. The van der Waals surface area contributed by atoms with Crippen LogP contribution >= 0.6 is 0 Å². The summed E-state index contributed by atoms with van der Waals surface area (Å²) in [6.45, 7) is 17.5. The summed E-state index contributed by atoms with van der Waals surface area (Å²) in [7, 11) is 0. The molecule has 0 fully saturated rings. The van der Waals surface area contributed by atoms with Gasteiger partial charge in [0.15, 0.2) is 0 Å². The van der Waals surface area contributed by atoms with Crippen LogP contribution in [0.5, 0.6) is 0 Å². The van der Waals surface area contributed by atoms with Gasteiger partial charge < -0.3 is 4.74 Å². The lowest BCUT2D eigenvalue weighted by atomic mass is 9.84. The van der Waals surface area contributed by atoms with Crippen LogP contribution in [-0.4, -0.2) is 12.6 Å².